The number of hydrogen-bond acceptors (Lipinski definition) is 3. The van der Waals surface area contributed by atoms with E-state index in [0.717, 1.165) is 44.8 Å². The number of likely N-dealkylation sites (tertiary alicyclic amines) is 1. The third-order valence-corrected chi connectivity index (χ3v) is 5.56. The SMILES string of the molecule is CC1CCCN(Cc2ccccc2CNC(=O)NCC2(O)CCC2)C1. The average Bonchev–Trinajstić information content (AvgIpc) is 2.57. The van der Waals surface area contributed by atoms with Gasteiger partial charge in [-0.25, -0.2) is 4.79 Å². The first kappa shape index (κ1) is 18.2. The molecule has 1 saturated carbocycles. The molecule has 0 spiro atoms. The molecule has 5 heteroatoms. The van der Waals surface area contributed by atoms with E-state index < -0.39 is 5.60 Å². The normalized spacial score (nSPS) is 22.9. The highest BCUT2D eigenvalue weighted by molar-refractivity contribution is 5.74. The number of rotatable bonds is 6. The first-order valence-electron chi connectivity index (χ1n) is 9.57. The zero-order chi connectivity index (χ0) is 17.7. The van der Waals surface area contributed by atoms with E-state index in [-0.39, 0.29) is 6.03 Å². The second-order valence-electron chi connectivity index (χ2n) is 7.87. The molecule has 2 fully saturated rings. The summed E-state index contributed by atoms with van der Waals surface area (Å²) in [4.78, 5) is 14.5. The third kappa shape index (κ3) is 5.19. The van der Waals surface area contributed by atoms with Crippen molar-refractivity contribution in [2.75, 3.05) is 19.6 Å². The first-order valence-corrected chi connectivity index (χ1v) is 9.57. The Morgan fingerprint density at radius 3 is 2.68 bits per heavy atom. The fourth-order valence-corrected chi connectivity index (χ4v) is 3.80. The van der Waals surface area contributed by atoms with E-state index in [1.54, 1.807) is 0 Å². The van der Waals surface area contributed by atoms with Gasteiger partial charge >= 0.3 is 6.03 Å². The van der Waals surface area contributed by atoms with Gasteiger partial charge < -0.3 is 15.7 Å². The number of hydrogen-bond donors (Lipinski definition) is 3. The van der Waals surface area contributed by atoms with Crippen LogP contribution in [0.3, 0.4) is 0 Å². The minimum Gasteiger partial charge on any atom is -0.388 e. The molecule has 3 N–H and O–H groups in total. The number of nitrogens with zero attached hydrogens (tertiary/aromatic N) is 1. The van der Waals surface area contributed by atoms with Crippen LogP contribution in [-0.2, 0) is 13.1 Å². The van der Waals surface area contributed by atoms with Gasteiger partial charge in [-0.2, -0.15) is 0 Å². The van der Waals surface area contributed by atoms with Crippen LogP contribution in [0.25, 0.3) is 0 Å². The second-order valence-corrected chi connectivity index (χ2v) is 7.87. The summed E-state index contributed by atoms with van der Waals surface area (Å²) in [7, 11) is 0. The lowest BCUT2D eigenvalue weighted by Gasteiger charge is -2.36. The Labute approximate surface area is 150 Å². The molecule has 1 unspecified atom stereocenters. The van der Waals surface area contributed by atoms with E-state index in [1.165, 1.54) is 24.0 Å². The minimum absolute atomic E-state index is 0.207. The van der Waals surface area contributed by atoms with Crippen molar-refractivity contribution < 1.29 is 9.90 Å². The lowest BCUT2D eigenvalue weighted by atomic mass is 9.80. The Bertz CT molecular complexity index is 586. The van der Waals surface area contributed by atoms with Crippen LogP contribution in [0.4, 0.5) is 4.79 Å². The molecule has 1 heterocycles. The number of aliphatic hydroxyl groups is 1. The molecular formula is C20H31N3O2. The van der Waals surface area contributed by atoms with Crippen molar-refractivity contribution in [1.82, 2.24) is 15.5 Å². The van der Waals surface area contributed by atoms with Crippen LogP contribution in [0.1, 0.15) is 50.2 Å². The fourth-order valence-electron chi connectivity index (χ4n) is 3.80. The Morgan fingerprint density at radius 1 is 1.24 bits per heavy atom. The smallest absolute Gasteiger partial charge is 0.315 e. The van der Waals surface area contributed by atoms with Gasteiger partial charge in [0.1, 0.15) is 0 Å². The molecule has 1 atom stereocenters. The van der Waals surface area contributed by atoms with Crippen molar-refractivity contribution in [2.24, 2.45) is 5.92 Å². The average molecular weight is 345 g/mol. The van der Waals surface area contributed by atoms with Crippen LogP contribution in [0.15, 0.2) is 24.3 Å². The van der Waals surface area contributed by atoms with Crippen LogP contribution >= 0.6 is 0 Å². The second kappa shape index (κ2) is 8.19. The maximum absolute atomic E-state index is 12.0. The summed E-state index contributed by atoms with van der Waals surface area (Å²) < 4.78 is 0. The summed E-state index contributed by atoms with van der Waals surface area (Å²) in [6, 6.07) is 8.13. The van der Waals surface area contributed by atoms with Crippen molar-refractivity contribution in [1.29, 1.82) is 0 Å². The van der Waals surface area contributed by atoms with E-state index in [4.69, 9.17) is 0 Å². The van der Waals surface area contributed by atoms with E-state index in [0.29, 0.717) is 13.1 Å². The molecule has 1 aliphatic heterocycles. The molecule has 0 aromatic heterocycles. The molecule has 1 aliphatic carbocycles. The molecular weight excluding hydrogens is 314 g/mol. The lowest BCUT2D eigenvalue weighted by molar-refractivity contribution is -0.0290. The highest BCUT2D eigenvalue weighted by Gasteiger charge is 2.34. The highest BCUT2D eigenvalue weighted by Crippen LogP contribution is 2.30. The van der Waals surface area contributed by atoms with E-state index >= 15 is 0 Å². The summed E-state index contributed by atoms with van der Waals surface area (Å²) >= 11 is 0. The predicted octanol–water partition coefficient (Wildman–Crippen LogP) is 2.63. The van der Waals surface area contributed by atoms with Crippen LogP contribution in [0.2, 0.25) is 0 Å². The number of nitrogens with one attached hydrogen (secondary N) is 2. The van der Waals surface area contributed by atoms with Gasteiger partial charge in [-0.3, -0.25) is 4.90 Å². The number of benzene rings is 1. The van der Waals surface area contributed by atoms with Gasteiger partial charge in [-0.05, 0) is 55.7 Å². The number of urea groups is 1. The number of carbonyl (C=O) groups excluding carboxylic acids is 1. The largest absolute Gasteiger partial charge is 0.388 e. The van der Waals surface area contributed by atoms with E-state index in [1.807, 2.05) is 6.07 Å². The summed E-state index contributed by atoms with van der Waals surface area (Å²) in [6.45, 7) is 6.44. The van der Waals surface area contributed by atoms with Gasteiger partial charge in [0.2, 0.25) is 0 Å². The molecule has 0 radical (unpaired) electrons. The summed E-state index contributed by atoms with van der Waals surface area (Å²) in [5.74, 6) is 0.766. The molecule has 2 aliphatic rings. The van der Waals surface area contributed by atoms with Gasteiger partial charge in [0, 0.05) is 26.2 Å². The van der Waals surface area contributed by atoms with Crippen LogP contribution in [0, 0.1) is 5.92 Å². The third-order valence-electron chi connectivity index (χ3n) is 5.56. The van der Waals surface area contributed by atoms with Gasteiger partial charge in [-0.1, -0.05) is 31.2 Å². The maximum Gasteiger partial charge on any atom is 0.315 e. The van der Waals surface area contributed by atoms with Crippen molar-refractivity contribution in [3.63, 3.8) is 0 Å². The van der Waals surface area contributed by atoms with Gasteiger partial charge in [0.25, 0.3) is 0 Å². The number of piperidine rings is 1. The summed E-state index contributed by atoms with van der Waals surface area (Å²) in [5.41, 5.74) is 1.77. The van der Waals surface area contributed by atoms with Gasteiger partial charge in [-0.15, -0.1) is 0 Å². The van der Waals surface area contributed by atoms with Crippen LogP contribution < -0.4 is 10.6 Å². The van der Waals surface area contributed by atoms with Crippen LogP contribution in [-0.4, -0.2) is 41.3 Å². The first-order chi connectivity index (χ1) is 12.0. The molecule has 5 nitrogen and oxygen atoms in total. The van der Waals surface area contributed by atoms with Gasteiger partial charge in [0.05, 0.1) is 5.60 Å². The molecule has 0 bridgehead atoms. The molecule has 1 aromatic rings. The zero-order valence-electron chi connectivity index (χ0n) is 15.3. The quantitative estimate of drug-likeness (QED) is 0.743. The number of carbonyl (C=O) groups is 1. The minimum atomic E-state index is -0.680. The van der Waals surface area contributed by atoms with Crippen molar-refractivity contribution in [3.05, 3.63) is 35.4 Å². The van der Waals surface area contributed by atoms with Crippen molar-refractivity contribution in [2.45, 2.75) is 57.7 Å². The summed E-state index contributed by atoms with van der Waals surface area (Å²) in [6.07, 6.45) is 5.20. The topological polar surface area (TPSA) is 64.6 Å². The van der Waals surface area contributed by atoms with Crippen molar-refractivity contribution in [3.8, 4) is 0 Å². The Kier molecular flexibility index (Phi) is 5.97. The Hall–Kier alpha value is -1.59. The molecule has 1 aromatic carbocycles. The predicted molar refractivity (Wildman–Crippen MR) is 99.2 cm³/mol. The fraction of sp³-hybridized carbons (Fsp3) is 0.650. The molecule has 138 valence electrons. The molecule has 2 amide bonds. The molecule has 3 rings (SSSR count). The monoisotopic (exact) mass is 345 g/mol. The Balaban J connectivity index is 1.49. The lowest BCUT2D eigenvalue weighted by Crippen LogP contribution is -2.50. The van der Waals surface area contributed by atoms with E-state index in [2.05, 4.69) is 40.7 Å². The van der Waals surface area contributed by atoms with Crippen LogP contribution in [0.5, 0.6) is 0 Å². The zero-order valence-corrected chi connectivity index (χ0v) is 15.3. The Morgan fingerprint density at radius 2 is 2.00 bits per heavy atom. The standard InChI is InChI=1S/C20H31N3O2/c1-16-6-4-11-23(13-16)14-18-8-3-2-7-17(18)12-21-19(24)22-15-20(25)9-5-10-20/h2-3,7-8,16,25H,4-6,9-15H2,1H3,(H2,21,22,24). The van der Waals surface area contributed by atoms with Gasteiger partial charge in [0.15, 0.2) is 0 Å². The molecule has 1 saturated heterocycles. The van der Waals surface area contributed by atoms with E-state index in [9.17, 15) is 9.90 Å². The molecule has 25 heavy (non-hydrogen) atoms. The summed E-state index contributed by atoms with van der Waals surface area (Å²) in [5, 5.41) is 15.8. The number of amides is 2. The van der Waals surface area contributed by atoms with Crippen molar-refractivity contribution >= 4 is 6.03 Å². The highest BCUT2D eigenvalue weighted by atomic mass is 16.3. The maximum atomic E-state index is 12.0.